The van der Waals surface area contributed by atoms with Gasteiger partial charge in [-0.2, -0.15) is 5.26 Å². The number of nitrogens with zero attached hydrogens (tertiary/aromatic N) is 1. The Labute approximate surface area is 118 Å². The van der Waals surface area contributed by atoms with Gasteiger partial charge < -0.3 is 5.32 Å². The van der Waals surface area contributed by atoms with Crippen molar-refractivity contribution in [2.24, 2.45) is 0 Å². The molecule has 3 nitrogen and oxygen atoms in total. The minimum Gasteiger partial charge on any atom is -0.320 e. The summed E-state index contributed by atoms with van der Waals surface area (Å²) in [4.78, 5) is 12.0. The third-order valence-corrected chi connectivity index (χ3v) is 2.88. The van der Waals surface area contributed by atoms with Gasteiger partial charge in [0.05, 0.1) is 5.69 Å². The Hall–Kier alpha value is -2.81. The number of rotatable bonds is 2. The fourth-order valence-corrected chi connectivity index (χ4v) is 1.79. The molecule has 0 aromatic heterocycles. The summed E-state index contributed by atoms with van der Waals surface area (Å²) >= 11 is 0. The van der Waals surface area contributed by atoms with Crippen molar-refractivity contribution < 1.29 is 18.0 Å². The van der Waals surface area contributed by atoms with Crippen LogP contribution in [0.4, 0.5) is 18.9 Å². The van der Waals surface area contributed by atoms with Gasteiger partial charge in [-0.15, -0.1) is 0 Å². The Morgan fingerprint density at radius 1 is 1.14 bits per heavy atom. The molecule has 2 aromatic rings. The lowest BCUT2D eigenvalue weighted by atomic mass is 10.1. The summed E-state index contributed by atoms with van der Waals surface area (Å²) in [7, 11) is 0. The number of hydrogen-bond donors (Lipinski definition) is 1. The van der Waals surface area contributed by atoms with Gasteiger partial charge in [-0.05, 0) is 30.7 Å². The van der Waals surface area contributed by atoms with Gasteiger partial charge in [-0.3, -0.25) is 4.79 Å². The van der Waals surface area contributed by atoms with Crippen molar-refractivity contribution in [1.82, 2.24) is 0 Å². The smallest absolute Gasteiger partial charge is 0.261 e. The molecule has 0 saturated heterocycles. The summed E-state index contributed by atoms with van der Waals surface area (Å²) in [5, 5.41) is 11.0. The maximum absolute atomic E-state index is 13.8. The summed E-state index contributed by atoms with van der Waals surface area (Å²) in [5.74, 6) is -3.95. The molecule has 0 atom stereocenters. The van der Waals surface area contributed by atoms with Crippen LogP contribution in [0.15, 0.2) is 30.3 Å². The summed E-state index contributed by atoms with van der Waals surface area (Å²) in [6.45, 7) is 1.38. The lowest BCUT2D eigenvalue weighted by Crippen LogP contribution is -2.17. The number of hydrogen-bond acceptors (Lipinski definition) is 2. The first-order chi connectivity index (χ1) is 9.95. The molecule has 2 aromatic carbocycles. The van der Waals surface area contributed by atoms with Gasteiger partial charge in [0.15, 0.2) is 0 Å². The molecule has 2 rings (SSSR count). The van der Waals surface area contributed by atoms with Crippen LogP contribution in [-0.2, 0) is 0 Å². The second kappa shape index (κ2) is 5.67. The number of halogens is 3. The van der Waals surface area contributed by atoms with Crippen LogP contribution in [-0.4, -0.2) is 5.91 Å². The van der Waals surface area contributed by atoms with Gasteiger partial charge in [0.25, 0.3) is 5.91 Å². The van der Waals surface area contributed by atoms with E-state index in [1.165, 1.54) is 25.1 Å². The Balaban J connectivity index is 2.43. The summed E-state index contributed by atoms with van der Waals surface area (Å²) < 4.78 is 40.8. The van der Waals surface area contributed by atoms with Crippen molar-refractivity contribution in [2.75, 3.05) is 5.32 Å². The van der Waals surface area contributed by atoms with Gasteiger partial charge in [-0.25, -0.2) is 13.2 Å². The Bertz CT molecular complexity index is 766. The minimum atomic E-state index is -1.09. The Morgan fingerprint density at radius 2 is 1.86 bits per heavy atom. The number of anilines is 1. The fourth-order valence-electron chi connectivity index (χ4n) is 1.79. The van der Waals surface area contributed by atoms with Crippen LogP contribution in [0.2, 0.25) is 0 Å². The van der Waals surface area contributed by atoms with Crippen molar-refractivity contribution in [3.8, 4) is 6.07 Å². The molecular formula is C15H9F3N2O. The van der Waals surface area contributed by atoms with E-state index in [0.29, 0.717) is 0 Å². The first-order valence-electron chi connectivity index (χ1n) is 5.90. The molecule has 0 aliphatic carbocycles. The molecule has 1 N–H and O–H groups in total. The standard InChI is InChI=1S/C15H9F3N2O/c1-8-5-6-11(17)13(14(8)18)15(21)20-12-4-2-3-10(16)9(12)7-19/h2-6H,1H3,(H,20,21). The first kappa shape index (κ1) is 14.6. The van der Waals surface area contributed by atoms with Crippen LogP contribution in [0.3, 0.4) is 0 Å². The number of benzene rings is 2. The highest BCUT2D eigenvalue weighted by Gasteiger charge is 2.20. The quantitative estimate of drug-likeness (QED) is 0.919. The number of nitrogens with one attached hydrogen (secondary N) is 1. The Morgan fingerprint density at radius 3 is 2.52 bits per heavy atom. The van der Waals surface area contributed by atoms with E-state index in [4.69, 9.17) is 5.26 Å². The maximum Gasteiger partial charge on any atom is 0.261 e. The number of nitriles is 1. The zero-order valence-corrected chi connectivity index (χ0v) is 10.9. The first-order valence-corrected chi connectivity index (χ1v) is 5.90. The fraction of sp³-hybridized carbons (Fsp3) is 0.0667. The third-order valence-electron chi connectivity index (χ3n) is 2.88. The molecule has 0 unspecified atom stereocenters. The van der Waals surface area contributed by atoms with E-state index >= 15 is 0 Å². The molecule has 0 saturated carbocycles. The van der Waals surface area contributed by atoms with Crippen molar-refractivity contribution in [3.05, 3.63) is 64.5 Å². The van der Waals surface area contributed by atoms with E-state index in [1.54, 1.807) is 6.07 Å². The summed E-state index contributed by atoms with van der Waals surface area (Å²) in [6, 6.07) is 7.33. The molecule has 1 amide bonds. The average Bonchev–Trinajstić information content (AvgIpc) is 2.44. The number of aryl methyl sites for hydroxylation is 1. The molecule has 0 radical (unpaired) electrons. The van der Waals surface area contributed by atoms with Crippen LogP contribution >= 0.6 is 0 Å². The van der Waals surface area contributed by atoms with Crippen LogP contribution < -0.4 is 5.32 Å². The molecule has 0 aliphatic rings. The van der Waals surface area contributed by atoms with Gasteiger partial charge >= 0.3 is 0 Å². The zero-order chi connectivity index (χ0) is 15.6. The predicted molar refractivity (Wildman–Crippen MR) is 70.2 cm³/mol. The van der Waals surface area contributed by atoms with Crippen LogP contribution in [0.25, 0.3) is 0 Å². The van der Waals surface area contributed by atoms with E-state index in [-0.39, 0.29) is 11.3 Å². The number of amides is 1. The average molecular weight is 290 g/mol. The monoisotopic (exact) mass is 290 g/mol. The summed E-state index contributed by atoms with van der Waals surface area (Å²) in [5.41, 5.74) is -1.23. The largest absolute Gasteiger partial charge is 0.320 e. The van der Waals surface area contributed by atoms with Crippen molar-refractivity contribution in [2.45, 2.75) is 6.92 Å². The summed E-state index contributed by atoms with van der Waals surface area (Å²) in [6.07, 6.45) is 0. The van der Waals surface area contributed by atoms with E-state index < -0.39 is 34.5 Å². The molecule has 0 fully saturated rings. The third kappa shape index (κ3) is 2.72. The number of carbonyl (C=O) groups excluding carboxylic acids is 1. The van der Waals surface area contributed by atoms with E-state index in [0.717, 1.165) is 12.1 Å². The molecule has 0 bridgehead atoms. The minimum absolute atomic E-state index is 0.0984. The van der Waals surface area contributed by atoms with Crippen molar-refractivity contribution in [1.29, 1.82) is 5.26 Å². The molecule has 106 valence electrons. The molecule has 0 aliphatic heterocycles. The number of carbonyl (C=O) groups is 1. The predicted octanol–water partition coefficient (Wildman–Crippen LogP) is 3.54. The van der Waals surface area contributed by atoms with Crippen LogP contribution in [0.1, 0.15) is 21.5 Å². The molecular weight excluding hydrogens is 281 g/mol. The normalized spacial score (nSPS) is 10.0. The maximum atomic E-state index is 13.8. The molecule has 0 heterocycles. The van der Waals surface area contributed by atoms with Crippen molar-refractivity contribution in [3.63, 3.8) is 0 Å². The van der Waals surface area contributed by atoms with Crippen molar-refractivity contribution >= 4 is 11.6 Å². The second-order valence-electron chi connectivity index (χ2n) is 4.28. The van der Waals surface area contributed by atoms with Crippen LogP contribution in [0.5, 0.6) is 0 Å². The van der Waals surface area contributed by atoms with E-state index in [2.05, 4.69) is 5.32 Å². The van der Waals surface area contributed by atoms with Gasteiger partial charge in [-0.1, -0.05) is 12.1 Å². The van der Waals surface area contributed by atoms with Gasteiger partial charge in [0.2, 0.25) is 0 Å². The molecule has 6 heteroatoms. The van der Waals surface area contributed by atoms with E-state index in [1.807, 2.05) is 0 Å². The lowest BCUT2D eigenvalue weighted by Gasteiger charge is -2.10. The SMILES string of the molecule is Cc1ccc(F)c(C(=O)Nc2cccc(F)c2C#N)c1F. The lowest BCUT2D eigenvalue weighted by molar-refractivity contribution is 0.101. The highest BCUT2D eigenvalue weighted by Crippen LogP contribution is 2.21. The van der Waals surface area contributed by atoms with Crippen LogP contribution in [0, 0.1) is 35.7 Å². The van der Waals surface area contributed by atoms with E-state index in [9.17, 15) is 18.0 Å². The second-order valence-corrected chi connectivity index (χ2v) is 4.28. The highest BCUT2D eigenvalue weighted by molar-refractivity contribution is 6.05. The molecule has 21 heavy (non-hydrogen) atoms. The topological polar surface area (TPSA) is 52.9 Å². The van der Waals surface area contributed by atoms with Gasteiger partial charge in [0.1, 0.15) is 34.6 Å². The molecule has 0 spiro atoms. The highest BCUT2D eigenvalue weighted by atomic mass is 19.1. The zero-order valence-electron chi connectivity index (χ0n) is 10.9. The van der Waals surface area contributed by atoms with Gasteiger partial charge in [0, 0.05) is 0 Å². The Kier molecular flexibility index (Phi) is 3.94.